The summed E-state index contributed by atoms with van der Waals surface area (Å²) in [5.41, 5.74) is 8.15. The maximum absolute atomic E-state index is 6.43. The number of hydrogen-bond donors (Lipinski definition) is 1. The molecule has 0 amide bonds. The molecule has 0 heterocycles. The van der Waals surface area contributed by atoms with Gasteiger partial charge in [0.15, 0.2) is 0 Å². The lowest BCUT2D eigenvalue weighted by Gasteiger charge is -2.32. The summed E-state index contributed by atoms with van der Waals surface area (Å²) >= 11 is 0. The van der Waals surface area contributed by atoms with Crippen molar-refractivity contribution >= 4 is 0 Å². The van der Waals surface area contributed by atoms with Crippen LogP contribution in [-0.4, -0.2) is 13.2 Å². The van der Waals surface area contributed by atoms with E-state index in [9.17, 15) is 0 Å². The Bertz CT molecular complexity index is 383. The number of methoxy groups -OCH3 is 1. The fourth-order valence-electron chi connectivity index (χ4n) is 3.32. The van der Waals surface area contributed by atoms with Crippen LogP contribution in [0.3, 0.4) is 0 Å². The Balaban J connectivity index is 2.00. The molecule has 0 bridgehead atoms. The first-order chi connectivity index (χ1) is 8.53. The highest BCUT2D eigenvalue weighted by Crippen LogP contribution is 2.44. The molecule has 0 saturated heterocycles. The zero-order chi connectivity index (χ0) is 13.2. The number of rotatable bonds is 4. The second-order valence-electron chi connectivity index (χ2n) is 6.20. The average molecular weight is 247 g/mol. The molecule has 0 aromatic heterocycles. The molecular formula is C16H25NO. The summed E-state index contributed by atoms with van der Waals surface area (Å²) in [6.07, 6.45) is 4.89. The molecule has 2 atom stereocenters. The van der Waals surface area contributed by atoms with Crippen molar-refractivity contribution < 1.29 is 4.74 Å². The van der Waals surface area contributed by atoms with Gasteiger partial charge in [0.1, 0.15) is 5.75 Å². The van der Waals surface area contributed by atoms with Crippen LogP contribution < -0.4 is 10.5 Å². The monoisotopic (exact) mass is 247 g/mol. The minimum absolute atomic E-state index is 0.274. The SMILES string of the molecule is COc1ccc(CC(N)C2CCCC2(C)C)cc1. The van der Waals surface area contributed by atoms with Crippen molar-refractivity contribution in [3.63, 3.8) is 0 Å². The molecule has 1 aliphatic rings. The van der Waals surface area contributed by atoms with Crippen molar-refractivity contribution in [1.29, 1.82) is 0 Å². The highest BCUT2D eigenvalue weighted by Gasteiger charge is 2.37. The maximum atomic E-state index is 6.43. The van der Waals surface area contributed by atoms with Crippen LogP contribution in [0.15, 0.2) is 24.3 Å². The largest absolute Gasteiger partial charge is 0.497 e. The van der Waals surface area contributed by atoms with Crippen LogP contribution in [0.2, 0.25) is 0 Å². The lowest BCUT2D eigenvalue weighted by atomic mass is 9.76. The number of benzene rings is 1. The van der Waals surface area contributed by atoms with E-state index in [0.717, 1.165) is 12.2 Å². The molecule has 0 spiro atoms. The van der Waals surface area contributed by atoms with E-state index in [1.165, 1.54) is 24.8 Å². The fourth-order valence-corrected chi connectivity index (χ4v) is 3.32. The molecule has 1 fully saturated rings. The van der Waals surface area contributed by atoms with E-state index in [-0.39, 0.29) is 6.04 Å². The Kier molecular flexibility index (Phi) is 3.96. The summed E-state index contributed by atoms with van der Waals surface area (Å²) in [5.74, 6) is 1.56. The Hall–Kier alpha value is -1.02. The van der Waals surface area contributed by atoms with Gasteiger partial charge in [0, 0.05) is 6.04 Å². The predicted octanol–water partition coefficient (Wildman–Crippen LogP) is 3.39. The molecule has 1 aromatic carbocycles. The molecule has 1 aliphatic carbocycles. The molecule has 2 N–H and O–H groups in total. The van der Waals surface area contributed by atoms with Gasteiger partial charge in [-0.15, -0.1) is 0 Å². The zero-order valence-electron chi connectivity index (χ0n) is 11.8. The van der Waals surface area contributed by atoms with Gasteiger partial charge in [0.05, 0.1) is 7.11 Å². The maximum Gasteiger partial charge on any atom is 0.118 e. The van der Waals surface area contributed by atoms with Crippen LogP contribution in [0.1, 0.15) is 38.7 Å². The predicted molar refractivity (Wildman–Crippen MR) is 75.8 cm³/mol. The second-order valence-corrected chi connectivity index (χ2v) is 6.20. The molecule has 1 saturated carbocycles. The van der Waals surface area contributed by atoms with Gasteiger partial charge in [-0.25, -0.2) is 0 Å². The molecule has 0 aliphatic heterocycles. The quantitative estimate of drug-likeness (QED) is 0.885. The third-order valence-corrected chi connectivity index (χ3v) is 4.49. The van der Waals surface area contributed by atoms with E-state index < -0.39 is 0 Å². The van der Waals surface area contributed by atoms with Crippen molar-refractivity contribution in [2.45, 2.75) is 45.6 Å². The minimum Gasteiger partial charge on any atom is -0.497 e. The van der Waals surface area contributed by atoms with Gasteiger partial charge >= 0.3 is 0 Å². The van der Waals surface area contributed by atoms with Crippen LogP contribution in [-0.2, 0) is 6.42 Å². The van der Waals surface area contributed by atoms with E-state index in [2.05, 4.69) is 26.0 Å². The van der Waals surface area contributed by atoms with Gasteiger partial charge in [-0.3, -0.25) is 0 Å². The van der Waals surface area contributed by atoms with Crippen LogP contribution >= 0.6 is 0 Å². The van der Waals surface area contributed by atoms with Gasteiger partial charge in [0.25, 0.3) is 0 Å². The van der Waals surface area contributed by atoms with Crippen LogP contribution in [0.5, 0.6) is 5.75 Å². The van der Waals surface area contributed by atoms with Crippen LogP contribution in [0.25, 0.3) is 0 Å². The highest BCUT2D eigenvalue weighted by molar-refractivity contribution is 5.27. The first-order valence-corrected chi connectivity index (χ1v) is 6.91. The van der Waals surface area contributed by atoms with Gasteiger partial charge in [-0.1, -0.05) is 32.4 Å². The lowest BCUT2D eigenvalue weighted by Crippen LogP contribution is -2.38. The third kappa shape index (κ3) is 2.86. The normalized spacial score (nSPS) is 23.9. The molecule has 1 aromatic rings. The summed E-state index contributed by atoms with van der Waals surface area (Å²) in [6, 6.07) is 8.56. The van der Waals surface area contributed by atoms with Gasteiger partial charge in [0.2, 0.25) is 0 Å². The summed E-state index contributed by atoms with van der Waals surface area (Å²) in [6.45, 7) is 4.72. The van der Waals surface area contributed by atoms with Crippen LogP contribution in [0.4, 0.5) is 0 Å². The van der Waals surface area contributed by atoms with E-state index in [1.54, 1.807) is 7.11 Å². The Morgan fingerprint density at radius 3 is 2.50 bits per heavy atom. The number of nitrogens with two attached hydrogens (primary N) is 1. The fraction of sp³-hybridized carbons (Fsp3) is 0.625. The Labute approximate surface area is 111 Å². The molecule has 100 valence electrons. The minimum atomic E-state index is 0.274. The summed E-state index contributed by atoms with van der Waals surface area (Å²) in [4.78, 5) is 0. The van der Waals surface area contributed by atoms with Crippen molar-refractivity contribution in [3.05, 3.63) is 29.8 Å². The Morgan fingerprint density at radius 2 is 2.00 bits per heavy atom. The van der Waals surface area contributed by atoms with E-state index >= 15 is 0 Å². The molecule has 18 heavy (non-hydrogen) atoms. The Morgan fingerprint density at radius 1 is 1.33 bits per heavy atom. The lowest BCUT2D eigenvalue weighted by molar-refractivity contribution is 0.220. The average Bonchev–Trinajstić information content (AvgIpc) is 2.70. The van der Waals surface area contributed by atoms with Crippen molar-refractivity contribution in [2.75, 3.05) is 7.11 Å². The second kappa shape index (κ2) is 5.31. The standard InChI is InChI=1S/C16H25NO/c1-16(2)10-4-5-14(16)15(17)11-12-6-8-13(18-3)9-7-12/h6-9,14-15H,4-5,10-11,17H2,1-3H3. The smallest absolute Gasteiger partial charge is 0.118 e. The van der Waals surface area contributed by atoms with Crippen molar-refractivity contribution in [1.82, 2.24) is 0 Å². The first-order valence-electron chi connectivity index (χ1n) is 6.91. The molecule has 0 radical (unpaired) electrons. The van der Waals surface area contributed by atoms with Crippen molar-refractivity contribution in [3.8, 4) is 5.75 Å². The third-order valence-electron chi connectivity index (χ3n) is 4.49. The number of hydrogen-bond acceptors (Lipinski definition) is 2. The summed E-state index contributed by atoms with van der Waals surface area (Å²) < 4.78 is 5.18. The summed E-state index contributed by atoms with van der Waals surface area (Å²) in [7, 11) is 1.70. The van der Waals surface area contributed by atoms with E-state index in [4.69, 9.17) is 10.5 Å². The highest BCUT2D eigenvalue weighted by atomic mass is 16.5. The van der Waals surface area contributed by atoms with Crippen LogP contribution in [0, 0.1) is 11.3 Å². The molecule has 2 nitrogen and oxygen atoms in total. The van der Waals surface area contributed by atoms with Crippen molar-refractivity contribution in [2.24, 2.45) is 17.1 Å². The number of ether oxygens (including phenoxy) is 1. The van der Waals surface area contributed by atoms with E-state index in [0.29, 0.717) is 11.3 Å². The zero-order valence-corrected chi connectivity index (χ0v) is 11.8. The first kappa shape index (κ1) is 13.4. The van der Waals surface area contributed by atoms with E-state index in [1.807, 2.05) is 12.1 Å². The van der Waals surface area contributed by atoms with Gasteiger partial charge in [-0.05, 0) is 48.3 Å². The molecule has 2 unspecified atom stereocenters. The molecule has 2 heteroatoms. The summed E-state index contributed by atoms with van der Waals surface area (Å²) in [5, 5.41) is 0. The molecular weight excluding hydrogens is 222 g/mol. The van der Waals surface area contributed by atoms with Gasteiger partial charge in [-0.2, -0.15) is 0 Å². The van der Waals surface area contributed by atoms with Gasteiger partial charge < -0.3 is 10.5 Å². The molecule has 2 rings (SSSR count). The topological polar surface area (TPSA) is 35.2 Å².